The van der Waals surface area contributed by atoms with E-state index in [0.717, 1.165) is 24.0 Å². The summed E-state index contributed by atoms with van der Waals surface area (Å²) in [4.78, 5) is 0. The fraction of sp³-hybridized carbons (Fsp3) is 0.235. The van der Waals surface area contributed by atoms with E-state index in [4.69, 9.17) is 14.2 Å². The zero-order chi connectivity index (χ0) is 17.5. The zero-order valence-electron chi connectivity index (χ0n) is 13.6. The molecule has 0 saturated heterocycles. The van der Waals surface area contributed by atoms with Gasteiger partial charge in [-0.25, -0.2) is 0 Å². The van der Waals surface area contributed by atoms with Crippen molar-refractivity contribution < 1.29 is 14.2 Å². The number of rotatable bonds is 7. The average Bonchev–Trinajstić information content (AvgIpc) is 2.58. The van der Waals surface area contributed by atoms with Crippen LogP contribution < -0.4 is 19.6 Å². The zero-order valence-corrected chi connectivity index (χ0v) is 17.9. The molecule has 7 heteroatoms. The van der Waals surface area contributed by atoms with E-state index in [-0.39, 0.29) is 0 Å². The number of ether oxygens (including phenoxy) is 3. The van der Waals surface area contributed by atoms with Gasteiger partial charge in [0.05, 0.1) is 41.2 Å². The van der Waals surface area contributed by atoms with E-state index in [1.807, 2.05) is 30.3 Å². The Kier molecular flexibility index (Phi) is 7.40. The van der Waals surface area contributed by atoms with Crippen LogP contribution in [-0.2, 0) is 6.54 Å². The Morgan fingerprint density at radius 3 is 2.21 bits per heavy atom. The fourth-order valence-corrected chi connectivity index (χ4v) is 4.35. The van der Waals surface area contributed by atoms with Crippen molar-refractivity contribution in [1.29, 1.82) is 0 Å². The van der Waals surface area contributed by atoms with Crippen molar-refractivity contribution in [2.75, 3.05) is 21.3 Å². The van der Waals surface area contributed by atoms with Gasteiger partial charge in [0.1, 0.15) is 5.75 Å². The summed E-state index contributed by atoms with van der Waals surface area (Å²) in [5.74, 6) is 2.32. The summed E-state index contributed by atoms with van der Waals surface area (Å²) >= 11 is 4.52. The second kappa shape index (κ2) is 9.30. The minimum Gasteiger partial charge on any atom is -0.495 e. The maximum Gasteiger partial charge on any atom is 0.161 e. The van der Waals surface area contributed by atoms with Crippen LogP contribution >= 0.6 is 45.2 Å². The number of methoxy groups -OCH3 is 3. The lowest BCUT2D eigenvalue weighted by atomic mass is 10.2. The van der Waals surface area contributed by atoms with Crippen LogP contribution in [0.3, 0.4) is 0 Å². The van der Waals surface area contributed by atoms with E-state index in [1.165, 1.54) is 0 Å². The number of hydrogen-bond acceptors (Lipinski definition) is 5. The lowest BCUT2D eigenvalue weighted by Gasteiger charge is -2.09. The van der Waals surface area contributed by atoms with Crippen molar-refractivity contribution >= 4 is 51.4 Å². The number of hydrazone groups is 1. The van der Waals surface area contributed by atoms with Crippen LogP contribution in [0.4, 0.5) is 0 Å². The molecule has 0 atom stereocenters. The SMILES string of the molecule is COc1ccc(CN/N=C\c2cc(I)c(OC)c(I)c2)cc1OC. The first-order chi connectivity index (χ1) is 11.6. The van der Waals surface area contributed by atoms with Crippen LogP contribution in [0.2, 0.25) is 0 Å². The molecule has 0 fully saturated rings. The lowest BCUT2D eigenvalue weighted by molar-refractivity contribution is 0.354. The van der Waals surface area contributed by atoms with Gasteiger partial charge >= 0.3 is 0 Å². The summed E-state index contributed by atoms with van der Waals surface area (Å²) < 4.78 is 18.0. The summed E-state index contributed by atoms with van der Waals surface area (Å²) in [6.45, 7) is 0.598. The highest BCUT2D eigenvalue weighted by Gasteiger charge is 2.06. The van der Waals surface area contributed by atoms with Gasteiger partial charge in [0, 0.05) is 0 Å². The molecule has 5 nitrogen and oxygen atoms in total. The van der Waals surface area contributed by atoms with Gasteiger partial charge in [-0.05, 0) is 80.6 Å². The molecular formula is C17H18I2N2O3. The first-order valence-electron chi connectivity index (χ1n) is 7.09. The van der Waals surface area contributed by atoms with Crippen LogP contribution in [0, 0.1) is 7.14 Å². The summed E-state index contributed by atoms with van der Waals surface area (Å²) in [6, 6.07) is 9.85. The molecule has 2 aromatic carbocycles. The number of benzene rings is 2. The Balaban J connectivity index is 2.00. The van der Waals surface area contributed by atoms with Gasteiger partial charge in [-0.15, -0.1) is 0 Å². The molecule has 24 heavy (non-hydrogen) atoms. The fourth-order valence-electron chi connectivity index (χ4n) is 2.10. The standard InChI is InChI=1S/C17H18I2N2O3/c1-22-15-5-4-11(8-16(15)23-2)9-20-21-10-12-6-13(18)17(24-3)14(19)7-12/h4-8,10,20H,9H2,1-3H3/b21-10-. The first-order valence-corrected chi connectivity index (χ1v) is 9.24. The Morgan fingerprint density at radius 1 is 0.958 bits per heavy atom. The molecule has 0 unspecified atom stereocenters. The molecule has 1 N–H and O–H groups in total. The van der Waals surface area contributed by atoms with Crippen molar-refractivity contribution in [3.8, 4) is 17.2 Å². The third kappa shape index (κ3) is 4.88. The molecule has 0 saturated carbocycles. The second-order valence-electron chi connectivity index (χ2n) is 4.80. The molecule has 0 aliphatic carbocycles. The van der Waals surface area contributed by atoms with Gasteiger partial charge in [-0.2, -0.15) is 5.10 Å². The molecule has 0 heterocycles. The van der Waals surface area contributed by atoms with Crippen LogP contribution in [-0.4, -0.2) is 27.5 Å². The van der Waals surface area contributed by atoms with Crippen LogP contribution in [0.15, 0.2) is 35.4 Å². The van der Waals surface area contributed by atoms with Gasteiger partial charge in [-0.3, -0.25) is 0 Å². The topological polar surface area (TPSA) is 52.1 Å². The molecule has 2 aromatic rings. The van der Waals surface area contributed by atoms with E-state index >= 15 is 0 Å². The highest BCUT2D eigenvalue weighted by atomic mass is 127. The maximum atomic E-state index is 5.36. The van der Waals surface area contributed by atoms with Gasteiger partial charge in [-0.1, -0.05) is 6.07 Å². The molecular weight excluding hydrogens is 534 g/mol. The van der Waals surface area contributed by atoms with Crippen molar-refractivity contribution in [2.45, 2.75) is 6.54 Å². The lowest BCUT2D eigenvalue weighted by Crippen LogP contribution is -2.06. The first kappa shape index (κ1) is 19.1. The van der Waals surface area contributed by atoms with Gasteiger partial charge in [0.25, 0.3) is 0 Å². The van der Waals surface area contributed by atoms with Gasteiger partial charge in [0.15, 0.2) is 11.5 Å². The Morgan fingerprint density at radius 2 is 1.62 bits per heavy atom. The van der Waals surface area contributed by atoms with Crippen molar-refractivity contribution in [3.63, 3.8) is 0 Å². The normalized spacial score (nSPS) is 10.7. The second-order valence-corrected chi connectivity index (χ2v) is 7.12. The summed E-state index contributed by atoms with van der Waals surface area (Å²) in [5, 5.41) is 4.28. The van der Waals surface area contributed by atoms with E-state index in [0.29, 0.717) is 18.0 Å². The molecule has 128 valence electrons. The molecule has 0 spiro atoms. The van der Waals surface area contributed by atoms with Gasteiger partial charge in [0.2, 0.25) is 0 Å². The van der Waals surface area contributed by atoms with Gasteiger partial charge < -0.3 is 19.6 Å². The van der Waals surface area contributed by atoms with Crippen LogP contribution in [0.1, 0.15) is 11.1 Å². The smallest absolute Gasteiger partial charge is 0.161 e. The highest BCUT2D eigenvalue weighted by molar-refractivity contribution is 14.1. The molecule has 0 amide bonds. The Hall–Kier alpha value is -1.23. The quantitative estimate of drug-likeness (QED) is 0.320. The van der Waals surface area contributed by atoms with E-state index in [1.54, 1.807) is 27.5 Å². The van der Waals surface area contributed by atoms with Crippen LogP contribution in [0.25, 0.3) is 0 Å². The summed E-state index contributed by atoms with van der Waals surface area (Å²) in [5.41, 5.74) is 5.12. The molecule has 0 aromatic heterocycles. The molecule has 0 aliphatic heterocycles. The van der Waals surface area contributed by atoms with E-state index < -0.39 is 0 Å². The summed E-state index contributed by atoms with van der Waals surface area (Å²) in [6.07, 6.45) is 1.80. The monoisotopic (exact) mass is 552 g/mol. The molecule has 0 radical (unpaired) electrons. The Bertz CT molecular complexity index is 713. The van der Waals surface area contributed by atoms with Crippen LogP contribution in [0.5, 0.6) is 17.2 Å². The number of halogens is 2. The number of nitrogens with one attached hydrogen (secondary N) is 1. The van der Waals surface area contributed by atoms with Crippen molar-refractivity contribution in [2.24, 2.45) is 5.10 Å². The highest BCUT2D eigenvalue weighted by Crippen LogP contribution is 2.28. The molecule has 0 aliphatic rings. The minimum absolute atomic E-state index is 0.598. The third-order valence-corrected chi connectivity index (χ3v) is 4.86. The average molecular weight is 552 g/mol. The van der Waals surface area contributed by atoms with Crippen molar-refractivity contribution in [3.05, 3.63) is 48.6 Å². The van der Waals surface area contributed by atoms with E-state index in [9.17, 15) is 0 Å². The largest absolute Gasteiger partial charge is 0.495 e. The predicted molar refractivity (Wildman–Crippen MR) is 112 cm³/mol. The predicted octanol–water partition coefficient (Wildman–Crippen LogP) is 4.05. The molecule has 0 bridgehead atoms. The minimum atomic E-state index is 0.598. The Labute approximate surface area is 169 Å². The van der Waals surface area contributed by atoms with Crippen molar-refractivity contribution in [1.82, 2.24) is 5.43 Å². The number of nitrogens with zero attached hydrogens (tertiary/aromatic N) is 1. The number of hydrogen-bond donors (Lipinski definition) is 1. The van der Waals surface area contributed by atoms with E-state index in [2.05, 4.69) is 55.7 Å². The molecule has 2 rings (SSSR count). The summed E-state index contributed by atoms with van der Waals surface area (Å²) in [7, 11) is 4.93. The third-order valence-electron chi connectivity index (χ3n) is 3.26. The maximum absolute atomic E-state index is 5.36.